The Bertz CT molecular complexity index is 1070. The number of benzene rings is 1. The molecular weight excluding hydrogens is 414 g/mol. The zero-order valence-electron chi connectivity index (χ0n) is 17.2. The lowest BCUT2D eigenvalue weighted by Gasteiger charge is -2.20. The number of carbonyl (C=O) groups excluding carboxylic acids is 1. The van der Waals surface area contributed by atoms with Crippen molar-refractivity contribution in [2.75, 3.05) is 23.7 Å². The summed E-state index contributed by atoms with van der Waals surface area (Å²) in [6, 6.07) is 9.80. The van der Waals surface area contributed by atoms with Crippen LogP contribution >= 0.6 is 11.6 Å². The average molecular weight is 438 g/mol. The molecule has 160 valence electrons. The number of hydrogen-bond acceptors (Lipinski definition) is 6. The van der Waals surface area contributed by atoms with Crippen molar-refractivity contribution < 1.29 is 4.79 Å². The average Bonchev–Trinajstić information content (AvgIpc) is 3.45. The summed E-state index contributed by atoms with van der Waals surface area (Å²) in [6.45, 7) is 1.61. The third-order valence-electron chi connectivity index (χ3n) is 6.10. The Balaban J connectivity index is 1.20. The fourth-order valence-electron chi connectivity index (χ4n) is 4.68. The number of anilines is 3. The molecule has 2 aromatic heterocycles. The zero-order chi connectivity index (χ0) is 21.4. The molecule has 1 aliphatic heterocycles. The number of carbonyl (C=O) groups is 1. The van der Waals surface area contributed by atoms with Crippen molar-refractivity contribution in [1.82, 2.24) is 24.6 Å². The fourth-order valence-corrected chi connectivity index (χ4v) is 4.83. The highest BCUT2D eigenvalue weighted by molar-refractivity contribution is 6.32. The van der Waals surface area contributed by atoms with Crippen molar-refractivity contribution in [2.24, 2.45) is 18.9 Å². The number of nitrogens with zero attached hydrogens (tertiary/aromatic N) is 5. The van der Waals surface area contributed by atoms with E-state index in [0.717, 1.165) is 37.2 Å². The minimum Gasteiger partial charge on any atom is -0.366 e. The first-order valence-electron chi connectivity index (χ1n) is 10.4. The minimum atomic E-state index is 0.129. The van der Waals surface area contributed by atoms with Crippen molar-refractivity contribution in [3.05, 3.63) is 59.5 Å². The van der Waals surface area contributed by atoms with Crippen molar-refractivity contribution in [2.45, 2.75) is 18.9 Å². The van der Waals surface area contributed by atoms with Crippen LogP contribution in [0.15, 0.2) is 48.9 Å². The SMILES string of the molecule is Cn1cc(Nc2ncc(Cl)c(NC3CC4CN(C(=O)c5ccccc5)CC4C3)n2)cn1. The van der Waals surface area contributed by atoms with Gasteiger partial charge in [-0.15, -0.1) is 0 Å². The molecule has 5 rings (SSSR count). The number of hydrogen-bond donors (Lipinski definition) is 2. The van der Waals surface area contributed by atoms with Gasteiger partial charge >= 0.3 is 0 Å². The molecule has 31 heavy (non-hydrogen) atoms. The van der Waals surface area contributed by atoms with E-state index in [4.69, 9.17) is 11.6 Å². The number of amides is 1. The monoisotopic (exact) mass is 437 g/mol. The molecule has 3 heterocycles. The van der Waals surface area contributed by atoms with Gasteiger partial charge in [-0.25, -0.2) is 4.98 Å². The van der Waals surface area contributed by atoms with Crippen molar-refractivity contribution in [3.63, 3.8) is 0 Å². The topological polar surface area (TPSA) is 88.0 Å². The molecule has 1 aliphatic carbocycles. The van der Waals surface area contributed by atoms with E-state index in [-0.39, 0.29) is 11.9 Å². The standard InChI is InChI=1S/C22H24ClN7O/c1-29-13-18(9-25-29)27-22-24-10-19(23)20(28-22)26-17-7-15-11-30(12-16(15)8-17)21(31)14-5-3-2-4-6-14/h2-6,9-10,13,15-17H,7-8,11-12H2,1H3,(H2,24,26,27,28). The highest BCUT2D eigenvalue weighted by Gasteiger charge is 2.42. The van der Waals surface area contributed by atoms with Crippen LogP contribution in [0.25, 0.3) is 0 Å². The summed E-state index contributed by atoms with van der Waals surface area (Å²) in [5.41, 5.74) is 1.58. The van der Waals surface area contributed by atoms with Gasteiger partial charge in [0.2, 0.25) is 5.95 Å². The summed E-state index contributed by atoms with van der Waals surface area (Å²) >= 11 is 6.35. The van der Waals surface area contributed by atoms with Crippen LogP contribution in [0.4, 0.5) is 17.5 Å². The number of aromatic nitrogens is 4. The Labute approximate surface area is 185 Å². The van der Waals surface area contributed by atoms with E-state index >= 15 is 0 Å². The predicted octanol–water partition coefficient (Wildman–Crippen LogP) is 3.57. The molecule has 0 spiro atoms. The van der Waals surface area contributed by atoms with E-state index in [2.05, 4.69) is 25.7 Å². The second kappa shape index (κ2) is 8.19. The van der Waals surface area contributed by atoms with Gasteiger partial charge in [0.15, 0.2) is 5.82 Å². The van der Waals surface area contributed by atoms with Crippen molar-refractivity contribution in [3.8, 4) is 0 Å². The lowest BCUT2D eigenvalue weighted by Crippen LogP contribution is -2.31. The van der Waals surface area contributed by atoms with Crippen LogP contribution in [0.1, 0.15) is 23.2 Å². The summed E-state index contributed by atoms with van der Waals surface area (Å²) < 4.78 is 1.71. The van der Waals surface area contributed by atoms with Gasteiger partial charge in [0.05, 0.1) is 18.1 Å². The number of aryl methyl sites for hydroxylation is 1. The molecule has 2 fully saturated rings. The van der Waals surface area contributed by atoms with Crippen LogP contribution < -0.4 is 10.6 Å². The van der Waals surface area contributed by atoms with Gasteiger partial charge in [0.25, 0.3) is 5.91 Å². The predicted molar refractivity (Wildman–Crippen MR) is 120 cm³/mol. The second-order valence-electron chi connectivity index (χ2n) is 8.33. The number of fused-ring (bicyclic) bond motifs is 1. The molecule has 1 aromatic carbocycles. The highest BCUT2D eigenvalue weighted by Crippen LogP contribution is 2.40. The Hall–Kier alpha value is -3.13. The molecule has 2 unspecified atom stereocenters. The molecule has 2 N–H and O–H groups in total. The molecule has 3 aromatic rings. The number of rotatable bonds is 5. The van der Waals surface area contributed by atoms with Crippen molar-refractivity contribution in [1.29, 1.82) is 0 Å². The maximum atomic E-state index is 12.7. The maximum Gasteiger partial charge on any atom is 0.253 e. The summed E-state index contributed by atoms with van der Waals surface area (Å²) in [5, 5.41) is 11.3. The molecule has 1 saturated carbocycles. The molecule has 2 aliphatic rings. The number of halogens is 1. The third kappa shape index (κ3) is 4.20. The Morgan fingerprint density at radius 2 is 1.87 bits per heavy atom. The van der Waals surface area contributed by atoms with E-state index in [0.29, 0.717) is 28.6 Å². The Kier molecular flexibility index (Phi) is 5.23. The molecular formula is C22H24ClN7O. The van der Waals surface area contributed by atoms with Gasteiger partial charge in [-0.3, -0.25) is 9.48 Å². The molecule has 8 nitrogen and oxygen atoms in total. The van der Waals surface area contributed by atoms with Gasteiger partial charge in [0, 0.05) is 37.9 Å². The highest BCUT2D eigenvalue weighted by atomic mass is 35.5. The quantitative estimate of drug-likeness (QED) is 0.634. The lowest BCUT2D eigenvalue weighted by molar-refractivity contribution is 0.0780. The maximum absolute atomic E-state index is 12.7. The first kappa shape index (κ1) is 19.8. The van der Waals surface area contributed by atoms with E-state index in [1.807, 2.05) is 48.5 Å². The van der Waals surface area contributed by atoms with E-state index in [9.17, 15) is 4.79 Å². The molecule has 2 atom stereocenters. The van der Waals surface area contributed by atoms with Crippen LogP contribution in [0, 0.1) is 11.8 Å². The minimum absolute atomic E-state index is 0.129. The van der Waals surface area contributed by atoms with Crippen LogP contribution in [-0.4, -0.2) is 49.7 Å². The normalized spacial score (nSPS) is 22.4. The fraction of sp³-hybridized carbons (Fsp3) is 0.364. The zero-order valence-corrected chi connectivity index (χ0v) is 18.0. The molecule has 1 saturated heterocycles. The first-order valence-corrected chi connectivity index (χ1v) is 10.8. The number of likely N-dealkylation sites (tertiary alicyclic amines) is 1. The van der Waals surface area contributed by atoms with E-state index in [1.165, 1.54) is 0 Å². The molecule has 0 bridgehead atoms. The summed E-state index contributed by atoms with van der Waals surface area (Å²) in [7, 11) is 1.85. The Morgan fingerprint density at radius 3 is 2.55 bits per heavy atom. The van der Waals surface area contributed by atoms with Gasteiger partial charge in [0.1, 0.15) is 5.02 Å². The summed E-state index contributed by atoms with van der Waals surface area (Å²) in [6.07, 6.45) is 7.16. The summed E-state index contributed by atoms with van der Waals surface area (Å²) in [5.74, 6) is 2.23. The van der Waals surface area contributed by atoms with Gasteiger partial charge in [-0.05, 0) is 36.8 Å². The lowest BCUT2D eigenvalue weighted by atomic mass is 10.0. The van der Waals surface area contributed by atoms with Gasteiger partial charge in [-0.1, -0.05) is 29.8 Å². The van der Waals surface area contributed by atoms with Gasteiger partial charge < -0.3 is 15.5 Å². The molecule has 0 radical (unpaired) electrons. The van der Waals surface area contributed by atoms with E-state index < -0.39 is 0 Å². The summed E-state index contributed by atoms with van der Waals surface area (Å²) in [4.78, 5) is 23.6. The van der Waals surface area contributed by atoms with Crippen LogP contribution in [0.2, 0.25) is 5.02 Å². The molecule has 1 amide bonds. The molecule has 9 heteroatoms. The second-order valence-corrected chi connectivity index (χ2v) is 8.73. The Morgan fingerprint density at radius 1 is 1.13 bits per heavy atom. The van der Waals surface area contributed by atoms with E-state index in [1.54, 1.807) is 17.1 Å². The van der Waals surface area contributed by atoms with Crippen LogP contribution in [0.3, 0.4) is 0 Å². The van der Waals surface area contributed by atoms with Crippen molar-refractivity contribution >= 4 is 35.0 Å². The number of nitrogens with one attached hydrogen (secondary N) is 2. The van der Waals surface area contributed by atoms with Crippen LogP contribution in [-0.2, 0) is 7.05 Å². The largest absolute Gasteiger partial charge is 0.366 e. The van der Waals surface area contributed by atoms with Crippen LogP contribution in [0.5, 0.6) is 0 Å². The van der Waals surface area contributed by atoms with Gasteiger partial charge in [-0.2, -0.15) is 10.1 Å². The third-order valence-corrected chi connectivity index (χ3v) is 6.38. The first-order chi connectivity index (χ1) is 15.0. The smallest absolute Gasteiger partial charge is 0.253 e.